The molecule has 1 atom stereocenters. The Morgan fingerprint density at radius 3 is 3.00 bits per heavy atom. The van der Waals surface area contributed by atoms with Crippen molar-refractivity contribution < 1.29 is 13.2 Å². The first kappa shape index (κ1) is 17.0. The maximum absolute atomic E-state index is 12.3. The zero-order valence-corrected chi connectivity index (χ0v) is 15.3. The summed E-state index contributed by atoms with van der Waals surface area (Å²) < 4.78 is 22.9. The van der Waals surface area contributed by atoms with Crippen molar-refractivity contribution in [2.45, 2.75) is 18.8 Å². The van der Waals surface area contributed by atoms with Gasteiger partial charge < -0.3 is 9.88 Å². The van der Waals surface area contributed by atoms with Crippen molar-refractivity contribution in [2.24, 2.45) is 0 Å². The second-order valence-electron chi connectivity index (χ2n) is 6.91. The van der Waals surface area contributed by atoms with E-state index in [1.807, 2.05) is 18.3 Å². The van der Waals surface area contributed by atoms with Crippen LogP contribution in [0.25, 0.3) is 21.9 Å². The van der Waals surface area contributed by atoms with E-state index < -0.39 is 15.6 Å². The first-order valence-corrected chi connectivity index (χ1v) is 10.6. The van der Waals surface area contributed by atoms with Gasteiger partial charge in [-0.3, -0.25) is 9.78 Å². The Morgan fingerprint density at radius 2 is 2.19 bits per heavy atom. The number of hydrogen-bond donors (Lipinski definition) is 1. The normalized spacial score (nSPS) is 18.5. The van der Waals surface area contributed by atoms with Gasteiger partial charge in [0.25, 0.3) is 0 Å². The molecule has 3 aromatic rings. The van der Waals surface area contributed by atoms with Gasteiger partial charge in [-0.1, -0.05) is 0 Å². The van der Waals surface area contributed by atoms with E-state index in [4.69, 9.17) is 0 Å². The molecular formula is C18H20N4O3S. The molecule has 0 spiro atoms. The van der Waals surface area contributed by atoms with Crippen LogP contribution in [-0.2, 0) is 14.6 Å². The topological polar surface area (TPSA) is 96.0 Å². The molecule has 3 aromatic heterocycles. The predicted molar refractivity (Wildman–Crippen MR) is 99.7 cm³/mol. The van der Waals surface area contributed by atoms with Crippen molar-refractivity contribution in [1.82, 2.24) is 19.9 Å². The number of likely N-dealkylation sites (tertiary alicyclic amines) is 1. The SMILES string of the molecule is CS(=O)(=O)CC(=O)N1CCCC(c2ccnc3cnc4[nH]ccc4c23)C1. The fourth-order valence-electron chi connectivity index (χ4n) is 3.79. The number of fused-ring (bicyclic) bond motifs is 3. The zero-order chi connectivity index (χ0) is 18.3. The molecule has 1 saturated heterocycles. The Hall–Kier alpha value is -2.48. The van der Waals surface area contributed by atoms with E-state index in [0.29, 0.717) is 13.1 Å². The van der Waals surface area contributed by atoms with E-state index in [1.165, 1.54) is 0 Å². The van der Waals surface area contributed by atoms with Gasteiger partial charge in [0.2, 0.25) is 5.91 Å². The molecule has 1 unspecified atom stereocenters. The summed E-state index contributed by atoms with van der Waals surface area (Å²) in [4.78, 5) is 26.0. The fraction of sp³-hybridized carbons (Fsp3) is 0.389. The van der Waals surface area contributed by atoms with Crippen LogP contribution in [0.5, 0.6) is 0 Å². The Labute approximate surface area is 151 Å². The van der Waals surface area contributed by atoms with Gasteiger partial charge in [-0.2, -0.15) is 0 Å². The summed E-state index contributed by atoms with van der Waals surface area (Å²) in [7, 11) is -3.32. The number of hydrogen-bond acceptors (Lipinski definition) is 5. The van der Waals surface area contributed by atoms with E-state index in [0.717, 1.165) is 46.6 Å². The van der Waals surface area contributed by atoms with Crippen LogP contribution in [0.15, 0.2) is 30.7 Å². The van der Waals surface area contributed by atoms with Gasteiger partial charge in [0.15, 0.2) is 9.84 Å². The van der Waals surface area contributed by atoms with Crippen LogP contribution in [0.4, 0.5) is 0 Å². The van der Waals surface area contributed by atoms with E-state index in [9.17, 15) is 13.2 Å². The summed E-state index contributed by atoms with van der Waals surface area (Å²) in [5, 5.41) is 2.08. The summed E-state index contributed by atoms with van der Waals surface area (Å²) in [6.45, 7) is 1.14. The number of aromatic nitrogens is 3. The highest BCUT2D eigenvalue weighted by atomic mass is 32.2. The maximum atomic E-state index is 12.3. The molecule has 1 aliphatic heterocycles. The van der Waals surface area contributed by atoms with E-state index in [2.05, 4.69) is 15.0 Å². The van der Waals surface area contributed by atoms with Crippen molar-refractivity contribution in [2.75, 3.05) is 25.1 Å². The van der Waals surface area contributed by atoms with E-state index in [-0.39, 0.29) is 11.8 Å². The van der Waals surface area contributed by atoms with Gasteiger partial charge >= 0.3 is 0 Å². The van der Waals surface area contributed by atoms with E-state index in [1.54, 1.807) is 17.3 Å². The molecule has 136 valence electrons. The molecule has 4 heterocycles. The molecule has 7 nitrogen and oxygen atoms in total. The number of rotatable bonds is 3. The molecule has 1 N–H and O–H groups in total. The minimum absolute atomic E-state index is 0.151. The number of nitrogens with one attached hydrogen (secondary N) is 1. The Balaban J connectivity index is 1.71. The minimum Gasteiger partial charge on any atom is -0.346 e. The van der Waals surface area contributed by atoms with Crippen LogP contribution >= 0.6 is 0 Å². The Morgan fingerprint density at radius 1 is 1.35 bits per heavy atom. The molecule has 0 aliphatic carbocycles. The monoisotopic (exact) mass is 372 g/mol. The third kappa shape index (κ3) is 3.16. The lowest BCUT2D eigenvalue weighted by Gasteiger charge is -2.33. The van der Waals surface area contributed by atoms with Gasteiger partial charge in [-0.25, -0.2) is 13.4 Å². The summed E-state index contributed by atoms with van der Waals surface area (Å²) >= 11 is 0. The van der Waals surface area contributed by atoms with Gasteiger partial charge in [0.1, 0.15) is 11.4 Å². The molecule has 4 rings (SSSR count). The number of nitrogens with zero attached hydrogens (tertiary/aromatic N) is 3. The van der Waals surface area contributed by atoms with Crippen LogP contribution in [0.2, 0.25) is 0 Å². The molecule has 0 saturated carbocycles. The van der Waals surface area contributed by atoms with Gasteiger partial charge in [-0.15, -0.1) is 0 Å². The van der Waals surface area contributed by atoms with Gasteiger partial charge in [-0.05, 0) is 30.5 Å². The molecule has 1 fully saturated rings. The van der Waals surface area contributed by atoms with Crippen LogP contribution < -0.4 is 0 Å². The maximum Gasteiger partial charge on any atom is 0.237 e. The second-order valence-corrected chi connectivity index (χ2v) is 9.05. The Bertz CT molecular complexity index is 1090. The highest BCUT2D eigenvalue weighted by molar-refractivity contribution is 7.91. The standard InChI is InChI=1S/C18H20N4O3S/c1-26(24,25)11-16(23)22-8-2-3-12(10-22)13-4-6-19-15-9-21-18-14(17(13)15)5-7-20-18/h4-7,9,12H,2-3,8,10-11H2,1H3,(H,20,21). The summed E-state index contributed by atoms with van der Waals surface area (Å²) in [5.41, 5.74) is 2.78. The van der Waals surface area contributed by atoms with Crippen molar-refractivity contribution >= 4 is 37.7 Å². The molecule has 0 radical (unpaired) electrons. The lowest BCUT2D eigenvalue weighted by atomic mass is 9.88. The fourth-order valence-corrected chi connectivity index (χ4v) is 4.42. The molecule has 8 heteroatoms. The van der Waals surface area contributed by atoms with Crippen LogP contribution in [-0.4, -0.2) is 59.3 Å². The average Bonchev–Trinajstić information content (AvgIpc) is 3.09. The predicted octanol–water partition coefficient (Wildman–Crippen LogP) is 1.86. The van der Waals surface area contributed by atoms with Gasteiger partial charge in [0, 0.05) is 48.4 Å². The first-order chi connectivity index (χ1) is 12.4. The smallest absolute Gasteiger partial charge is 0.237 e. The van der Waals surface area contributed by atoms with Crippen molar-refractivity contribution in [3.8, 4) is 0 Å². The summed E-state index contributed by atoms with van der Waals surface area (Å²) in [5.74, 6) is -0.592. The van der Waals surface area contributed by atoms with Crippen LogP contribution in [0.3, 0.4) is 0 Å². The number of sulfone groups is 1. The Kier molecular flexibility index (Phi) is 4.14. The van der Waals surface area contributed by atoms with Crippen molar-refractivity contribution in [1.29, 1.82) is 0 Å². The number of carbonyl (C=O) groups is 1. The summed E-state index contributed by atoms with van der Waals surface area (Å²) in [6.07, 6.45) is 8.29. The third-order valence-corrected chi connectivity index (χ3v) is 5.69. The number of aromatic amines is 1. The highest BCUT2D eigenvalue weighted by Crippen LogP contribution is 2.34. The van der Waals surface area contributed by atoms with Gasteiger partial charge in [0.05, 0.1) is 11.7 Å². The molecular weight excluding hydrogens is 352 g/mol. The number of H-pyrrole nitrogens is 1. The second kappa shape index (κ2) is 6.35. The quantitative estimate of drug-likeness (QED) is 0.757. The largest absolute Gasteiger partial charge is 0.346 e. The zero-order valence-electron chi connectivity index (χ0n) is 14.5. The lowest BCUT2D eigenvalue weighted by molar-refractivity contribution is -0.129. The van der Waals surface area contributed by atoms with Crippen molar-refractivity contribution in [3.05, 3.63) is 36.3 Å². The molecule has 1 amide bonds. The molecule has 26 heavy (non-hydrogen) atoms. The third-order valence-electron chi connectivity index (χ3n) is 4.92. The van der Waals surface area contributed by atoms with Crippen molar-refractivity contribution in [3.63, 3.8) is 0 Å². The van der Waals surface area contributed by atoms with Crippen LogP contribution in [0.1, 0.15) is 24.3 Å². The number of carbonyl (C=O) groups excluding carboxylic acids is 1. The van der Waals surface area contributed by atoms with Crippen LogP contribution in [0, 0.1) is 0 Å². The summed E-state index contributed by atoms with van der Waals surface area (Å²) in [6, 6.07) is 4.00. The molecule has 0 aromatic carbocycles. The van der Waals surface area contributed by atoms with E-state index >= 15 is 0 Å². The highest BCUT2D eigenvalue weighted by Gasteiger charge is 2.28. The minimum atomic E-state index is -3.32. The molecule has 0 bridgehead atoms. The number of piperidine rings is 1. The average molecular weight is 372 g/mol. The lowest BCUT2D eigenvalue weighted by Crippen LogP contribution is -2.41. The number of pyridine rings is 2. The first-order valence-electron chi connectivity index (χ1n) is 8.58. The number of amides is 1. The molecule has 1 aliphatic rings.